The van der Waals surface area contributed by atoms with Gasteiger partial charge >= 0.3 is 5.97 Å². The first-order valence-corrected chi connectivity index (χ1v) is 10.4. The van der Waals surface area contributed by atoms with Crippen LogP contribution in [-0.4, -0.2) is 24.1 Å². The molecule has 0 saturated heterocycles. The van der Waals surface area contributed by atoms with E-state index >= 15 is 0 Å². The molecule has 1 saturated carbocycles. The molecular formula is C24H30O4. The van der Waals surface area contributed by atoms with Crippen molar-refractivity contribution in [2.45, 2.75) is 53.4 Å². The number of hydrogen-bond acceptors (Lipinski definition) is 4. The van der Waals surface area contributed by atoms with Gasteiger partial charge in [0, 0.05) is 24.7 Å². The van der Waals surface area contributed by atoms with Crippen LogP contribution in [-0.2, 0) is 19.1 Å². The summed E-state index contributed by atoms with van der Waals surface area (Å²) >= 11 is 0. The van der Waals surface area contributed by atoms with Crippen LogP contribution >= 0.6 is 0 Å². The Hall–Kier alpha value is -1.97. The zero-order valence-corrected chi connectivity index (χ0v) is 17.3. The normalized spacial score (nSPS) is 41.4. The van der Waals surface area contributed by atoms with E-state index in [9.17, 15) is 14.4 Å². The van der Waals surface area contributed by atoms with E-state index in [2.05, 4.69) is 39.0 Å². The molecule has 0 bridgehead atoms. The van der Waals surface area contributed by atoms with Crippen molar-refractivity contribution >= 4 is 17.5 Å². The van der Waals surface area contributed by atoms with Gasteiger partial charge in [-0.1, -0.05) is 43.2 Å². The number of carbonyl (C=O) groups excluding carboxylic acids is 3. The van der Waals surface area contributed by atoms with Gasteiger partial charge in [0.15, 0.2) is 11.6 Å². The van der Waals surface area contributed by atoms with E-state index in [1.165, 1.54) is 18.1 Å². The molecule has 6 atom stereocenters. The Labute approximate surface area is 167 Å². The molecule has 0 amide bonds. The lowest BCUT2D eigenvalue weighted by atomic mass is 9.53. The van der Waals surface area contributed by atoms with Crippen molar-refractivity contribution < 1.29 is 19.1 Å². The molecule has 0 radical (unpaired) electrons. The second-order valence-electron chi connectivity index (χ2n) is 9.66. The van der Waals surface area contributed by atoms with Gasteiger partial charge in [-0.3, -0.25) is 14.4 Å². The Morgan fingerprint density at radius 2 is 2.00 bits per heavy atom. The fourth-order valence-corrected chi connectivity index (χ4v) is 6.75. The second kappa shape index (κ2) is 6.53. The molecule has 4 rings (SSSR count). The highest BCUT2D eigenvalue weighted by Crippen LogP contribution is 2.64. The van der Waals surface area contributed by atoms with Crippen LogP contribution in [0.15, 0.2) is 35.5 Å². The first-order chi connectivity index (χ1) is 13.2. The Morgan fingerprint density at radius 1 is 1.25 bits per heavy atom. The van der Waals surface area contributed by atoms with Crippen LogP contribution in [0.4, 0.5) is 0 Å². The molecule has 4 nitrogen and oxygen atoms in total. The minimum absolute atomic E-state index is 0.0611. The molecule has 0 aromatic heterocycles. The van der Waals surface area contributed by atoms with Gasteiger partial charge < -0.3 is 4.74 Å². The first-order valence-electron chi connectivity index (χ1n) is 10.4. The maximum atomic E-state index is 12.9. The lowest BCUT2D eigenvalue weighted by Crippen LogP contribution is -2.45. The Bertz CT molecular complexity index is 832. The predicted octanol–water partition coefficient (Wildman–Crippen LogP) is 4.21. The molecule has 150 valence electrons. The SMILES string of the molecule is CC(=O)OCC(=O)[C@H]1[C@H](C)CC2C3CC=C4CC(=O)C=C[C@]4(C)C3=CC[C@@]21C. The average Bonchev–Trinajstić information content (AvgIpc) is 2.90. The molecule has 0 aromatic rings. The maximum absolute atomic E-state index is 12.9. The van der Waals surface area contributed by atoms with Gasteiger partial charge in [0.05, 0.1) is 0 Å². The molecule has 1 fully saturated rings. The molecular weight excluding hydrogens is 352 g/mol. The Kier molecular flexibility index (Phi) is 4.52. The van der Waals surface area contributed by atoms with Crippen molar-refractivity contribution in [1.29, 1.82) is 0 Å². The highest BCUT2D eigenvalue weighted by Gasteiger charge is 2.58. The van der Waals surface area contributed by atoms with Crippen LogP contribution < -0.4 is 0 Å². The van der Waals surface area contributed by atoms with Crippen molar-refractivity contribution in [1.82, 2.24) is 0 Å². The molecule has 0 N–H and O–H groups in total. The number of fused-ring (bicyclic) bond motifs is 5. The molecule has 0 aromatic carbocycles. The highest BCUT2D eigenvalue weighted by molar-refractivity contribution is 5.94. The number of allylic oxidation sites excluding steroid dienone is 6. The largest absolute Gasteiger partial charge is 0.458 e. The molecule has 0 spiro atoms. The molecule has 2 unspecified atom stereocenters. The fraction of sp³-hybridized carbons (Fsp3) is 0.625. The summed E-state index contributed by atoms with van der Waals surface area (Å²) in [6.45, 7) is 7.91. The summed E-state index contributed by atoms with van der Waals surface area (Å²) in [5.74, 6) is 0.917. The molecule has 0 aliphatic heterocycles. The Morgan fingerprint density at radius 3 is 2.71 bits per heavy atom. The average molecular weight is 383 g/mol. The van der Waals surface area contributed by atoms with Gasteiger partial charge in [-0.25, -0.2) is 0 Å². The maximum Gasteiger partial charge on any atom is 0.303 e. The third kappa shape index (κ3) is 2.75. The minimum Gasteiger partial charge on any atom is -0.458 e. The van der Waals surface area contributed by atoms with E-state index in [1.807, 2.05) is 0 Å². The van der Waals surface area contributed by atoms with E-state index in [4.69, 9.17) is 4.74 Å². The van der Waals surface area contributed by atoms with Crippen molar-refractivity contribution in [2.75, 3.05) is 6.61 Å². The summed E-state index contributed by atoms with van der Waals surface area (Å²) in [6, 6.07) is 0. The summed E-state index contributed by atoms with van der Waals surface area (Å²) in [4.78, 5) is 36.0. The van der Waals surface area contributed by atoms with Crippen LogP contribution in [0.2, 0.25) is 0 Å². The lowest BCUT2D eigenvalue weighted by molar-refractivity contribution is -0.148. The summed E-state index contributed by atoms with van der Waals surface area (Å²) in [5, 5.41) is 0. The summed E-state index contributed by atoms with van der Waals surface area (Å²) < 4.78 is 5.04. The van der Waals surface area contributed by atoms with Crippen molar-refractivity contribution in [3.8, 4) is 0 Å². The van der Waals surface area contributed by atoms with E-state index in [0.717, 1.165) is 19.3 Å². The Balaban J connectivity index is 1.66. The number of carbonyl (C=O) groups is 3. The standard InChI is InChI=1S/C24H30O4/c1-14-11-20-18-6-5-16-12-17(26)7-9-23(16,3)19(18)8-10-24(20,4)22(14)21(27)13-28-15(2)25/h5,7-9,14,18,20,22H,6,10-13H2,1-4H3/t14-,18?,20?,22-,23+,24+/m1/s1. The van der Waals surface area contributed by atoms with Gasteiger partial charge in [-0.2, -0.15) is 0 Å². The second-order valence-corrected chi connectivity index (χ2v) is 9.66. The van der Waals surface area contributed by atoms with Gasteiger partial charge in [-0.05, 0) is 55.4 Å². The first kappa shape index (κ1) is 19.4. The monoisotopic (exact) mass is 382 g/mol. The molecule has 0 heterocycles. The molecule has 4 heteroatoms. The predicted molar refractivity (Wildman–Crippen MR) is 106 cm³/mol. The van der Waals surface area contributed by atoms with Gasteiger partial charge in [0.1, 0.15) is 6.61 Å². The topological polar surface area (TPSA) is 60.4 Å². The molecule has 28 heavy (non-hydrogen) atoms. The minimum atomic E-state index is -0.400. The van der Waals surface area contributed by atoms with Gasteiger partial charge in [0.2, 0.25) is 0 Å². The molecule has 4 aliphatic rings. The summed E-state index contributed by atoms with van der Waals surface area (Å²) in [6.07, 6.45) is 11.9. The van der Waals surface area contributed by atoms with Gasteiger partial charge in [-0.15, -0.1) is 0 Å². The number of Topliss-reactive ketones (excluding diaryl/α,β-unsaturated/α-hetero) is 1. The van der Waals surface area contributed by atoms with E-state index in [1.54, 1.807) is 6.08 Å². The van der Waals surface area contributed by atoms with Crippen molar-refractivity contribution in [2.24, 2.45) is 34.5 Å². The quantitative estimate of drug-likeness (QED) is 0.542. The number of rotatable bonds is 3. The fourth-order valence-electron chi connectivity index (χ4n) is 6.75. The number of ether oxygens (including phenoxy) is 1. The van der Waals surface area contributed by atoms with E-state index < -0.39 is 5.97 Å². The highest BCUT2D eigenvalue weighted by atomic mass is 16.5. The van der Waals surface area contributed by atoms with Crippen LogP contribution in [0, 0.1) is 34.5 Å². The van der Waals surface area contributed by atoms with Crippen molar-refractivity contribution in [3.63, 3.8) is 0 Å². The van der Waals surface area contributed by atoms with Crippen LogP contribution in [0.3, 0.4) is 0 Å². The zero-order valence-electron chi connectivity index (χ0n) is 17.3. The number of esters is 1. The van der Waals surface area contributed by atoms with Crippen molar-refractivity contribution in [3.05, 3.63) is 35.5 Å². The number of ketones is 2. The zero-order chi connectivity index (χ0) is 20.3. The van der Waals surface area contributed by atoms with Crippen LogP contribution in [0.25, 0.3) is 0 Å². The van der Waals surface area contributed by atoms with E-state index in [-0.39, 0.29) is 40.8 Å². The molecule has 4 aliphatic carbocycles. The van der Waals surface area contributed by atoms with E-state index in [0.29, 0.717) is 18.3 Å². The third-order valence-electron chi connectivity index (χ3n) is 8.02. The summed E-state index contributed by atoms with van der Waals surface area (Å²) in [7, 11) is 0. The smallest absolute Gasteiger partial charge is 0.303 e. The number of hydrogen-bond donors (Lipinski definition) is 0. The third-order valence-corrected chi connectivity index (χ3v) is 8.02. The van der Waals surface area contributed by atoms with Crippen LogP contribution in [0.5, 0.6) is 0 Å². The van der Waals surface area contributed by atoms with Gasteiger partial charge in [0.25, 0.3) is 0 Å². The lowest BCUT2D eigenvalue weighted by Gasteiger charge is -2.51. The van der Waals surface area contributed by atoms with Crippen LogP contribution in [0.1, 0.15) is 53.4 Å². The summed E-state index contributed by atoms with van der Waals surface area (Å²) in [5.41, 5.74) is 2.43.